The van der Waals surface area contributed by atoms with Crippen molar-refractivity contribution in [3.63, 3.8) is 0 Å². The number of hydrogen-bond donors (Lipinski definition) is 1. The smallest absolute Gasteiger partial charge is 0.282 e. The molecule has 0 unspecified atom stereocenters. The second-order valence-corrected chi connectivity index (χ2v) is 3.50. The van der Waals surface area contributed by atoms with E-state index in [0.29, 0.717) is 0 Å². The van der Waals surface area contributed by atoms with Gasteiger partial charge in [0.15, 0.2) is 0 Å². The Hall–Kier alpha value is -0.970. The molecular formula is C9H13F2N3. The van der Waals surface area contributed by atoms with E-state index in [-0.39, 0.29) is 11.7 Å². The molecule has 3 nitrogen and oxygen atoms in total. The lowest BCUT2D eigenvalue weighted by Gasteiger charge is -2.22. The van der Waals surface area contributed by atoms with Crippen molar-refractivity contribution in [2.45, 2.75) is 25.3 Å². The number of piperidine rings is 1. The zero-order chi connectivity index (χ0) is 9.97. The van der Waals surface area contributed by atoms with Gasteiger partial charge >= 0.3 is 0 Å². The van der Waals surface area contributed by atoms with Crippen molar-refractivity contribution in [1.29, 1.82) is 0 Å². The van der Waals surface area contributed by atoms with Crippen molar-refractivity contribution >= 4 is 0 Å². The molecule has 1 aliphatic rings. The third-order valence-corrected chi connectivity index (χ3v) is 2.54. The number of halogens is 2. The van der Waals surface area contributed by atoms with Crippen LogP contribution in [0, 0.1) is 0 Å². The van der Waals surface area contributed by atoms with Crippen LogP contribution < -0.4 is 5.32 Å². The first kappa shape index (κ1) is 9.58. The lowest BCUT2D eigenvalue weighted by molar-refractivity contribution is 0.144. The maximum Gasteiger partial charge on any atom is 0.282 e. The number of nitrogens with zero attached hydrogens (tertiary/aromatic N) is 2. The first-order chi connectivity index (χ1) is 6.77. The van der Waals surface area contributed by atoms with Gasteiger partial charge in [0, 0.05) is 6.20 Å². The van der Waals surface area contributed by atoms with Gasteiger partial charge < -0.3 is 5.32 Å². The summed E-state index contributed by atoms with van der Waals surface area (Å²) in [4.78, 5) is 0. The zero-order valence-electron chi connectivity index (χ0n) is 7.79. The summed E-state index contributed by atoms with van der Waals surface area (Å²) in [6, 6.07) is 1.68. The van der Waals surface area contributed by atoms with Gasteiger partial charge in [0.25, 0.3) is 6.43 Å². The van der Waals surface area contributed by atoms with Gasteiger partial charge in [0.2, 0.25) is 0 Å². The molecule has 1 N–H and O–H groups in total. The van der Waals surface area contributed by atoms with E-state index < -0.39 is 6.43 Å². The van der Waals surface area contributed by atoms with Gasteiger partial charge in [-0.2, -0.15) is 5.10 Å². The van der Waals surface area contributed by atoms with Crippen LogP contribution in [0.15, 0.2) is 12.3 Å². The van der Waals surface area contributed by atoms with Crippen LogP contribution >= 0.6 is 0 Å². The largest absolute Gasteiger partial charge is 0.317 e. The minimum atomic E-state index is -2.46. The summed E-state index contributed by atoms with van der Waals surface area (Å²) >= 11 is 0. The quantitative estimate of drug-likeness (QED) is 0.790. The van der Waals surface area contributed by atoms with E-state index in [0.717, 1.165) is 25.9 Å². The van der Waals surface area contributed by atoms with E-state index in [2.05, 4.69) is 10.4 Å². The number of alkyl halides is 2. The molecule has 78 valence electrons. The minimum absolute atomic E-state index is 0.122. The summed E-state index contributed by atoms with van der Waals surface area (Å²) in [5, 5.41) is 7.10. The van der Waals surface area contributed by atoms with Crippen LogP contribution in [0.4, 0.5) is 8.78 Å². The van der Waals surface area contributed by atoms with Crippen LogP contribution in [-0.4, -0.2) is 22.9 Å². The Kier molecular flexibility index (Phi) is 2.77. The van der Waals surface area contributed by atoms with Gasteiger partial charge in [-0.25, -0.2) is 8.78 Å². The Balaban J connectivity index is 2.07. The molecule has 2 heterocycles. The molecule has 2 rings (SSSR count). The van der Waals surface area contributed by atoms with Crippen molar-refractivity contribution in [2.75, 3.05) is 13.1 Å². The Morgan fingerprint density at radius 1 is 1.43 bits per heavy atom. The van der Waals surface area contributed by atoms with Gasteiger partial charge in [-0.1, -0.05) is 0 Å². The summed E-state index contributed by atoms with van der Waals surface area (Å²) in [6.07, 6.45) is 1.12. The zero-order valence-corrected chi connectivity index (χ0v) is 7.79. The fourth-order valence-electron chi connectivity index (χ4n) is 1.74. The van der Waals surface area contributed by atoms with Gasteiger partial charge in [-0.3, -0.25) is 4.68 Å². The monoisotopic (exact) mass is 201 g/mol. The van der Waals surface area contributed by atoms with Crippen LogP contribution in [0.25, 0.3) is 0 Å². The number of aromatic nitrogens is 2. The maximum atomic E-state index is 12.3. The van der Waals surface area contributed by atoms with E-state index in [9.17, 15) is 8.78 Å². The van der Waals surface area contributed by atoms with Crippen molar-refractivity contribution < 1.29 is 8.78 Å². The molecule has 0 radical (unpaired) electrons. The van der Waals surface area contributed by atoms with Crippen LogP contribution in [0.2, 0.25) is 0 Å². The Morgan fingerprint density at radius 2 is 2.14 bits per heavy atom. The van der Waals surface area contributed by atoms with Gasteiger partial charge in [0.1, 0.15) is 5.69 Å². The minimum Gasteiger partial charge on any atom is -0.317 e. The Bertz CT molecular complexity index is 292. The molecule has 1 fully saturated rings. The van der Waals surface area contributed by atoms with Gasteiger partial charge in [0.05, 0.1) is 6.04 Å². The average molecular weight is 201 g/mol. The van der Waals surface area contributed by atoms with E-state index in [4.69, 9.17) is 0 Å². The van der Waals surface area contributed by atoms with Gasteiger partial charge in [-0.05, 0) is 32.0 Å². The lowest BCUT2D eigenvalue weighted by atomic mass is 10.1. The summed E-state index contributed by atoms with van der Waals surface area (Å²) in [6.45, 7) is 1.88. The van der Waals surface area contributed by atoms with E-state index in [1.807, 2.05) is 0 Å². The molecule has 5 heteroatoms. The van der Waals surface area contributed by atoms with Crippen molar-refractivity contribution in [1.82, 2.24) is 15.1 Å². The third kappa shape index (κ3) is 1.92. The van der Waals surface area contributed by atoms with Crippen molar-refractivity contribution in [3.05, 3.63) is 18.0 Å². The summed E-state index contributed by atoms with van der Waals surface area (Å²) in [5.41, 5.74) is -0.122. The molecule has 0 spiro atoms. The standard InChI is InChI=1S/C9H13F2N3/c10-9(11)8-3-6-14(13-8)7-1-4-12-5-2-7/h3,6-7,9,12H,1-2,4-5H2. The molecular weight excluding hydrogens is 188 g/mol. The fourth-order valence-corrected chi connectivity index (χ4v) is 1.74. The highest BCUT2D eigenvalue weighted by atomic mass is 19.3. The highest BCUT2D eigenvalue weighted by molar-refractivity contribution is 5.01. The number of hydrogen-bond acceptors (Lipinski definition) is 2. The van der Waals surface area contributed by atoms with Crippen LogP contribution in [-0.2, 0) is 0 Å². The predicted molar refractivity (Wildman–Crippen MR) is 48.3 cm³/mol. The fraction of sp³-hybridized carbons (Fsp3) is 0.667. The Labute approximate surface area is 81.1 Å². The molecule has 14 heavy (non-hydrogen) atoms. The second-order valence-electron chi connectivity index (χ2n) is 3.50. The predicted octanol–water partition coefficient (Wildman–Crippen LogP) is 1.75. The van der Waals surface area contributed by atoms with E-state index >= 15 is 0 Å². The number of nitrogens with one attached hydrogen (secondary N) is 1. The van der Waals surface area contributed by atoms with Crippen LogP contribution in [0.3, 0.4) is 0 Å². The van der Waals surface area contributed by atoms with E-state index in [1.165, 1.54) is 6.07 Å². The number of rotatable bonds is 2. The molecule has 1 aromatic rings. The molecule has 0 saturated carbocycles. The second kappa shape index (κ2) is 4.04. The summed E-state index contributed by atoms with van der Waals surface area (Å²) in [5.74, 6) is 0. The normalized spacial score (nSPS) is 19.1. The molecule has 0 atom stereocenters. The van der Waals surface area contributed by atoms with Gasteiger partial charge in [-0.15, -0.1) is 0 Å². The molecule has 1 aromatic heterocycles. The molecule has 0 aliphatic carbocycles. The Morgan fingerprint density at radius 3 is 2.71 bits per heavy atom. The molecule has 0 aromatic carbocycles. The highest BCUT2D eigenvalue weighted by Gasteiger charge is 2.17. The summed E-state index contributed by atoms with van der Waals surface area (Å²) < 4.78 is 26.2. The first-order valence-corrected chi connectivity index (χ1v) is 4.81. The molecule has 0 bridgehead atoms. The van der Waals surface area contributed by atoms with E-state index in [1.54, 1.807) is 10.9 Å². The maximum absolute atomic E-state index is 12.3. The molecule has 1 aliphatic heterocycles. The van der Waals surface area contributed by atoms with Crippen molar-refractivity contribution in [3.8, 4) is 0 Å². The average Bonchev–Trinajstić information content (AvgIpc) is 2.68. The van der Waals surface area contributed by atoms with Crippen LogP contribution in [0.1, 0.15) is 31.0 Å². The topological polar surface area (TPSA) is 29.9 Å². The van der Waals surface area contributed by atoms with Crippen LogP contribution in [0.5, 0.6) is 0 Å². The SMILES string of the molecule is FC(F)c1ccn(C2CCNCC2)n1. The summed E-state index contributed by atoms with van der Waals surface area (Å²) in [7, 11) is 0. The molecule has 1 saturated heterocycles. The van der Waals surface area contributed by atoms with Crippen molar-refractivity contribution in [2.24, 2.45) is 0 Å². The third-order valence-electron chi connectivity index (χ3n) is 2.54. The first-order valence-electron chi connectivity index (χ1n) is 4.81. The highest BCUT2D eigenvalue weighted by Crippen LogP contribution is 2.21. The lowest BCUT2D eigenvalue weighted by Crippen LogP contribution is -2.29. The molecule has 0 amide bonds.